The molecule has 0 saturated heterocycles. The van der Waals surface area contributed by atoms with Crippen LogP contribution in [-0.4, -0.2) is 10.9 Å². The summed E-state index contributed by atoms with van der Waals surface area (Å²) in [7, 11) is 0. The lowest BCUT2D eigenvalue weighted by Gasteiger charge is -2.01. The van der Waals surface area contributed by atoms with Crippen molar-refractivity contribution in [3.05, 3.63) is 65.7 Å². The van der Waals surface area contributed by atoms with Gasteiger partial charge in [-0.3, -0.25) is 4.79 Å². The summed E-state index contributed by atoms with van der Waals surface area (Å²) in [5.74, 6) is 0.857. The van der Waals surface area contributed by atoms with Crippen LogP contribution in [0.1, 0.15) is 28.3 Å². The number of phenolic OH excluding ortho intramolecular Hbond substituents is 1. The van der Waals surface area contributed by atoms with Crippen LogP contribution in [0.25, 0.3) is 0 Å². The molecule has 0 aromatic heterocycles. The lowest BCUT2D eigenvalue weighted by Crippen LogP contribution is -2.02. The molecule has 2 atom stereocenters. The molecule has 0 heterocycles. The zero-order valence-corrected chi connectivity index (χ0v) is 9.91. The zero-order chi connectivity index (χ0) is 12.5. The van der Waals surface area contributed by atoms with Gasteiger partial charge in [-0.2, -0.15) is 0 Å². The maximum absolute atomic E-state index is 12.2. The molecule has 0 unspecified atom stereocenters. The predicted octanol–water partition coefficient (Wildman–Crippen LogP) is 3.38. The van der Waals surface area contributed by atoms with Crippen molar-refractivity contribution >= 4 is 5.78 Å². The monoisotopic (exact) mass is 238 g/mol. The molecule has 2 heteroatoms. The van der Waals surface area contributed by atoms with Gasteiger partial charge in [-0.15, -0.1) is 0 Å². The summed E-state index contributed by atoms with van der Waals surface area (Å²) in [5, 5.41) is 9.21. The van der Waals surface area contributed by atoms with Crippen LogP contribution in [0.5, 0.6) is 5.75 Å². The second-order valence-electron chi connectivity index (χ2n) is 4.77. The van der Waals surface area contributed by atoms with Crippen LogP contribution >= 0.6 is 0 Å². The first-order chi connectivity index (χ1) is 8.75. The maximum atomic E-state index is 12.2. The van der Waals surface area contributed by atoms with E-state index in [4.69, 9.17) is 0 Å². The minimum Gasteiger partial charge on any atom is -0.508 e. The molecule has 2 nitrogen and oxygen atoms in total. The van der Waals surface area contributed by atoms with Crippen molar-refractivity contribution in [3.8, 4) is 5.75 Å². The van der Waals surface area contributed by atoms with Crippen LogP contribution in [0, 0.1) is 5.92 Å². The number of Topliss-reactive ketones (excluding diaryl/α,β-unsaturated/α-hetero) is 1. The standard InChI is InChI=1S/C16H14O2/c17-13-8-6-12(7-9-13)16(18)15-10-14(15)11-4-2-1-3-5-11/h1-9,14-15,17H,10H2/t14-,15-/m0/s1. The van der Waals surface area contributed by atoms with Crippen LogP contribution in [-0.2, 0) is 0 Å². The SMILES string of the molecule is O=C(c1ccc(O)cc1)[C@H]1C[C@H]1c1ccccc1. The minimum atomic E-state index is 0.108. The molecule has 1 saturated carbocycles. The van der Waals surface area contributed by atoms with Gasteiger partial charge in [0.1, 0.15) is 5.75 Å². The van der Waals surface area contributed by atoms with E-state index in [1.165, 1.54) is 5.56 Å². The highest BCUT2D eigenvalue weighted by molar-refractivity contribution is 6.00. The second kappa shape index (κ2) is 4.30. The molecule has 1 aliphatic rings. The van der Waals surface area contributed by atoms with Crippen molar-refractivity contribution in [1.29, 1.82) is 0 Å². The molecule has 0 radical (unpaired) electrons. The van der Waals surface area contributed by atoms with E-state index in [0.29, 0.717) is 11.5 Å². The average Bonchev–Trinajstić information content (AvgIpc) is 3.20. The number of hydrogen-bond acceptors (Lipinski definition) is 2. The van der Waals surface area contributed by atoms with Crippen molar-refractivity contribution < 1.29 is 9.90 Å². The van der Waals surface area contributed by atoms with Crippen LogP contribution in [0.3, 0.4) is 0 Å². The van der Waals surface area contributed by atoms with E-state index < -0.39 is 0 Å². The predicted molar refractivity (Wildman–Crippen MR) is 69.7 cm³/mol. The second-order valence-corrected chi connectivity index (χ2v) is 4.77. The van der Waals surface area contributed by atoms with Crippen LogP contribution in [0.15, 0.2) is 54.6 Å². The molecule has 2 aromatic rings. The zero-order valence-electron chi connectivity index (χ0n) is 9.91. The first-order valence-corrected chi connectivity index (χ1v) is 6.14. The summed E-state index contributed by atoms with van der Waals surface area (Å²) in [4.78, 5) is 12.2. The maximum Gasteiger partial charge on any atom is 0.166 e. The number of phenols is 1. The van der Waals surface area contributed by atoms with Crippen molar-refractivity contribution in [3.63, 3.8) is 0 Å². The van der Waals surface area contributed by atoms with Gasteiger partial charge in [-0.25, -0.2) is 0 Å². The number of carbonyl (C=O) groups excluding carboxylic acids is 1. The van der Waals surface area contributed by atoms with E-state index in [1.807, 2.05) is 18.2 Å². The van der Waals surface area contributed by atoms with Gasteiger partial charge in [-0.05, 0) is 42.2 Å². The van der Waals surface area contributed by atoms with Crippen LogP contribution in [0.4, 0.5) is 0 Å². The highest BCUT2D eigenvalue weighted by Gasteiger charge is 2.43. The number of aromatic hydroxyl groups is 1. The first kappa shape index (κ1) is 11.0. The van der Waals surface area contributed by atoms with Crippen LogP contribution < -0.4 is 0 Å². The fourth-order valence-corrected chi connectivity index (χ4v) is 2.39. The van der Waals surface area contributed by atoms with Gasteiger partial charge in [0.2, 0.25) is 0 Å². The van der Waals surface area contributed by atoms with Gasteiger partial charge in [0, 0.05) is 11.5 Å². The Kier molecular flexibility index (Phi) is 2.63. The number of ketones is 1. The van der Waals surface area contributed by atoms with Gasteiger partial charge < -0.3 is 5.11 Å². The third-order valence-electron chi connectivity index (χ3n) is 3.51. The van der Waals surface area contributed by atoms with E-state index in [9.17, 15) is 9.90 Å². The fourth-order valence-electron chi connectivity index (χ4n) is 2.39. The Balaban J connectivity index is 1.75. The Morgan fingerprint density at radius 1 is 1.00 bits per heavy atom. The van der Waals surface area contributed by atoms with Crippen LogP contribution in [0.2, 0.25) is 0 Å². The summed E-state index contributed by atoms with van der Waals surface area (Å²) in [6.07, 6.45) is 0.934. The number of benzene rings is 2. The number of carbonyl (C=O) groups is 1. The molecule has 90 valence electrons. The van der Waals surface area contributed by atoms with Gasteiger partial charge in [-0.1, -0.05) is 30.3 Å². The molecular formula is C16H14O2. The molecular weight excluding hydrogens is 224 g/mol. The van der Waals surface area contributed by atoms with E-state index in [0.717, 1.165) is 6.42 Å². The van der Waals surface area contributed by atoms with Gasteiger partial charge in [0.15, 0.2) is 5.78 Å². The Morgan fingerprint density at radius 2 is 1.67 bits per heavy atom. The summed E-state index contributed by atoms with van der Waals surface area (Å²) in [6.45, 7) is 0. The topological polar surface area (TPSA) is 37.3 Å². The number of rotatable bonds is 3. The van der Waals surface area contributed by atoms with Gasteiger partial charge in [0.05, 0.1) is 0 Å². The van der Waals surface area contributed by atoms with E-state index in [1.54, 1.807) is 24.3 Å². The Hall–Kier alpha value is -2.09. The molecule has 0 spiro atoms. The summed E-state index contributed by atoms with van der Waals surface area (Å²) >= 11 is 0. The Morgan fingerprint density at radius 3 is 2.33 bits per heavy atom. The molecule has 0 bridgehead atoms. The summed E-state index contributed by atoms with van der Waals surface area (Å²) in [6, 6.07) is 16.7. The molecule has 1 N–H and O–H groups in total. The molecule has 1 aliphatic carbocycles. The van der Waals surface area contributed by atoms with E-state index >= 15 is 0 Å². The Labute approximate surface area is 106 Å². The van der Waals surface area contributed by atoms with Crippen molar-refractivity contribution in [2.45, 2.75) is 12.3 Å². The highest BCUT2D eigenvalue weighted by atomic mass is 16.3. The third kappa shape index (κ3) is 2.02. The van der Waals surface area contributed by atoms with E-state index in [-0.39, 0.29) is 17.5 Å². The highest BCUT2D eigenvalue weighted by Crippen LogP contribution is 2.49. The molecule has 18 heavy (non-hydrogen) atoms. The largest absolute Gasteiger partial charge is 0.508 e. The molecule has 1 fully saturated rings. The number of hydrogen-bond donors (Lipinski definition) is 1. The quantitative estimate of drug-likeness (QED) is 0.832. The molecule has 2 aromatic carbocycles. The fraction of sp³-hybridized carbons (Fsp3) is 0.188. The third-order valence-corrected chi connectivity index (χ3v) is 3.51. The summed E-state index contributed by atoms with van der Waals surface area (Å²) in [5.41, 5.74) is 1.94. The van der Waals surface area contributed by atoms with Gasteiger partial charge >= 0.3 is 0 Å². The van der Waals surface area contributed by atoms with Crippen molar-refractivity contribution in [1.82, 2.24) is 0 Å². The van der Waals surface area contributed by atoms with Crippen molar-refractivity contribution in [2.24, 2.45) is 5.92 Å². The molecule has 0 aliphatic heterocycles. The normalized spacial score (nSPS) is 21.6. The smallest absolute Gasteiger partial charge is 0.166 e. The van der Waals surface area contributed by atoms with E-state index in [2.05, 4.69) is 12.1 Å². The lowest BCUT2D eigenvalue weighted by molar-refractivity contribution is 0.0965. The minimum absolute atomic E-state index is 0.108. The average molecular weight is 238 g/mol. The van der Waals surface area contributed by atoms with Crippen molar-refractivity contribution in [2.75, 3.05) is 0 Å². The van der Waals surface area contributed by atoms with Gasteiger partial charge in [0.25, 0.3) is 0 Å². The lowest BCUT2D eigenvalue weighted by atomic mass is 10.0. The molecule has 3 rings (SSSR count). The first-order valence-electron chi connectivity index (χ1n) is 6.14. The Bertz CT molecular complexity index is 557. The molecule has 0 amide bonds. The summed E-state index contributed by atoms with van der Waals surface area (Å²) < 4.78 is 0.